The lowest BCUT2D eigenvalue weighted by Crippen LogP contribution is -2.53. The molecule has 0 aliphatic carbocycles. The Hall–Kier alpha value is -2.08. The number of benzene rings is 1. The third kappa shape index (κ3) is 4.92. The number of urea groups is 1. The smallest absolute Gasteiger partial charge is 0.318 e. The Morgan fingerprint density at radius 2 is 1.83 bits per heavy atom. The van der Waals surface area contributed by atoms with Crippen molar-refractivity contribution < 1.29 is 14.3 Å². The van der Waals surface area contributed by atoms with Crippen molar-refractivity contribution in [2.24, 2.45) is 0 Å². The van der Waals surface area contributed by atoms with Crippen LogP contribution in [-0.2, 0) is 16.0 Å². The zero-order valence-electron chi connectivity index (χ0n) is 17.2. The van der Waals surface area contributed by atoms with E-state index in [0.717, 1.165) is 64.8 Å². The van der Waals surface area contributed by atoms with Crippen molar-refractivity contribution >= 4 is 11.9 Å². The Morgan fingerprint density at radius 3 is 2.62 bits per heavy atom. The van der Waals surface area contributed by atoms with Crippen LogP contribution in [0.3, 0.4) is 0 Å². The number of rotatable bonds is 5. The highest BCUT2D eigenvalue weighted by Crippen LogP contribution is 2.24. The second-order valence-corrected chi connectivity index (χ2v) is 8.53. The molecule has 6 heteroatoms. The van der Waals surface area contributed by atoms with E-state index in [1.165, 1.54) is 12.0 Å². The molecule has 3 aliphatic rings. The van der Waals surface area contributed by atoms with Gasteiger partial charge < -0.3 is 19.9 Å². The highest BCUT2D eigenvalue weighted by molar-refractivity contribution is 5.89. The summed E-state index contributed by atoms with van der Waals surface area (Å²) >= 11 is 0. The van der Waals surface area contributed by atoms with Gasteiger partial charge in [-0.1, -0.05) is 30.3 Å². The van der Waals surface area contributed by atoms with Gasteiger partial charge in [-0.25, -0.2) is 4.79 Å². The molecule has 3 amide bonds. The molecule has 29 heavy (non-hydrogen) atoms. The van der Waals surface area contributed by atoms with E-state index in [2.05, 4.69) is 29.6 Å². The fourth-order valence-electron chi connectivity index (χ4n) is 4.97. The van der Waals surface area contributed by atoms with E-state index in [9.17, 15) is 9.59 Å². The zero-order chi connectivity index (χ0) is 20.1. The van der Waals surface area contributed by atoms with Crippen LogP contribution in [0, 0.1) is 0 Å². The molecule has 3 heterocycles. The average Bonchev–Trinajstić information content (AvgIpc) is 3.14. The van der Waals surface area contributed by atoms with Gasteiger partial charge in [0, 0.05) is 38.4 Å². The molecule has 0 radical (unpaired) electrons. The first-order valence-electron chi connectivity index (χ1n) is 11.2. The predicted molar refractivity (Wildman–Crippen MR) is 112 cm³/mol. The number of aryl methyl sites for hydroxylation is 1. The lowest BCUT2D eigenvalue weighted by Gasteiger charge is -2.36. The number of hydrogen-bond donors (Lipinski definition) is 1. The van der Waals surface area contributed by atoms with E-state index in [-0.39, 0.29) is 30.1 Å². The number of piperidine rings is 1. The third-order valence-corrected chi connectivity index (χ3v) is 6.67. The minimum atomic E-state index is -0.373. The quantitative estimate of drug-likeness (QED) is 0.828. The molecule has 0 aromatic heterocycles. The van der Waals surface area contributed by atoms with Crippen LogP contribution < -0.4 is 5.32 Å². The Morgan fingerprint density at radius 1 is 1.03 bits per heavy atom. The highest BCUT2D eigenvalue weighted by atomic mass is 16.5. The number of carbonyl (C=O) groups excluding carboxylic acids is 2. The normalized spacial score (nSPS) is 26.0. The van der Waals surface area contributed by atoms with Crippen LogP contribution in [0.25, 0.3) is 0 Å². The Kier molecular flexibility index (Phi) is 6.70. The fourth-order valence-corrected chi connectivity index (χ4v) is 4.97. The molecule has 1 N–H and O–H groups in total. The number of amides is 3. The van der Waals surface area contributed by atoms with Crippen molar-refractivity contribution in [2.45, 2.75) is 69.5 Å². The first-order chi connectivity index (χ1) is 14.2. The molecule has 0 spiro atoms. The largest absolute Gasteiger partial charge is 0.381 e. The average molecular weight is 400 g/mol. The van der Waals surface area contributed by atoms with E-state index in [0.29, 0.717) is 6.42 Å². The van der Waals surface area contributed by atoms with Crippen molar-refractivity contribution in [3.63, 3.8) is 0 Å². The number of likely N-dealkylation sites (tertiary alicyclic amines) is 2. The van der Waals surface area contributed by atoms with Crippen molar-refractivity contribution in [1.82, 2.24) is 15.1 Å². The number of hydrogen-bond acceptors (Lipinski definition) is 3. The van der Waals surface area contributed by atoms with Crippen LogP contribution in [0.1, 0.15) is 50.5 Å². The second kappa shape index (κ2) is 9.61. The van der Waals surface area contributed by atoms with E-state index in [4.69, 9.17) is 4.74 Å². The molecular weight excluding hydrogens is 366 g/mol. The topological polar surface area (TPSA) is 61.9 Å². The molecule has 2 unspecified atom stereocenters. The van der Waals surface area contributed by atoms with Gasteiger partial charge in [-0.2, -0.15) is 0 Å². The summed E-state index contributed by atoms with van der Waals surface area (Å²) in [6.07, 6.45) is 7.74. The summed E-state index contributed by atoms with van der Waals surface area (Å²) in [7, 11) is 0. The van der Waals surface area contributed by atoms with Gasteiger partial charge in [0.1, 0.15) is 6.04 Å². The molecule has 3 saturated heterocycles. The molecular formula is C23H33N3O3. The summed E-state index contributed by atoms with van der Waals surface area (Å²) in [5.41, 5.74) is 1.32. The number of nitrogens with one attached hydrogen (secondary N) is 1. The lowest BCUT2D eigenvalue weighted by atomic mass is 9.96. The maximum Gasteiger partial charge on any atom is 0.318 e. The van der Waals surface area contributed by atoms with Gasteiger partial charge in [0.25, 0.3) is 0 Å². The zero-order valence-corrected chi connectivity index (χ0v) is 17.2. The predicted octanol–water partition coefficient (Wildman–Crippen LogP) is 2.96. The Labute approximate surface area is 173 Å². The van der Waals surface area contributed by atoms with Gasteiger partial charge in [0.2, 0.25) is 5.91 Å². The van der Waals surface area contributed by atoms with E-state index >= 15 is 0 Å². The molecule has 158 valence electrons. The number of carbonyl (C=O) groups is 2. The van der Waals surface area contributed by atoms with Crippen LogP contribution in [0.15, 0.2) is 30.3 Å². The van der Waals surface area contributed by atoms with E-state index in [1.807, 2.05) is 15.9 Å². The summed E-state index contributed by atoms with van der Waals surface area (Å²) in [4.78, 5) is 29.8. The Balaban J connectivity index is 1.32. The third-order valence-electron chi connectivity index (χ3n) is 6.67. The fraction of sp³-hybridized carbons (Fsp3) is 0.652. The maximum absolute atomic E-state index is 13.0. The molecule has 1 aromatic carbocycles. The van der Waals surface area contributed by atoms with Crippen LogP contribution in [0.4, 0.5) is 4.79 Å². The second-order valence-electron chi connectivity index (χ2n) is 8.53. The van der Waals surface area contributed by atoms with E-state index < -0.39 is 0 Å². The van der Waals surface area contributed by atoms with Gasteiger partial charge in [-0.3, -0.25) is 4.79 Å². The first kappa shape index (κ1) is 20.2. The highest BCUT2D eigenvalue weighted by Gasteiger charge is 2.38. The summed E-state index contributed by atoms with van der Waals surface area (Å²) in [6.45, 7) is 2.98. The molecule has 4 rings (SSSR count). The van der Waals surface area contributed by atoms with Crippen LogP contribution in [-0.4, -0.2) is 66.2 Å². The summed E-state index contributed by atoms with van der Waals surface area (Å²) in [5.74, 6) is 0.0862. The van der Waals surface area contributed by atoms with Crippen molar-refractivity contribution in [1.29, 1.82) is 0 Å². The molecule has 2 atom stereocenters. The van der Waals surface area contributed by atoms with Gasteiger partial charge >= 0.3 is 6.03 Å². The molecule has 0 saturated carbocycles. The van der Waals surface area contributed by atoms with Gasteiger partial charge in [0.15, 0.2) is 0 Å². The summed E-state index contributed by atoms with van der Waals surface area (Å²) < 4.78 is 5.42. The first-order valence-corrected chi connectivity index (χ1v) is 11.2. The maximum atomic E-state index is 13.0. The van der Waals surface area contributed by atoms with Crippen LogP contribution in [0.2, 0.25) is 0 Å². The minimum absolute atomic E-state index is 0.0602. The summed E-state index contributed by atoms with van der Waals surface area (Å²) in [6, 6.07) is 10.6. The van der Waals surface area contributed by atoms with Gasteiger partial charge in [0.05, 0.1) is 0 Å². The molecule has 3 fully saturated rings. The van der Waals surface area contributed by atoms with Crippen molar-refractivity contribution in [2.75, 3.05) is 26.3 Å². The Bertz CT molecular complexity index is 690. The summed E-state index contributed by atoms with van der Waals surface area (Å²) in [5, 5.41) is 3.06. The SMILES string of the molecule is O=C(NC1CCN(C2CCOCC2)C1=O)N1CCCCC1CCc1ccccc1. The number of nitrogens with zero attached hydrogens (tertiary/aromatic N) is 2. The monoisotopic (exact) mass is 399 g/mol. The minimum Gasteiger partial charge on any atom is -0.381 e. The van der Waals surface area contributed by atoms with Crippen LogP contribution in [0.5, 0.6) is 0 Å². The molecule has 3 aliphatic heterocycles. The molecule has 0 bridgehead atoms. The van der Waals surface area contributed by atoms with Gasteiger partial charge in [-0.05, 0) is 56.9 Å². The number of ether oxygens (including phenoxy) is 1. The van der Waals surface area contributed by atoms with Crippen molar-refractivity contribution in [3.8, 4) is 0 Å². The van der Waals surface area contributed by atoms with Crippen molar-refractivity contribution in [3.05, 3.63) is 35.9 Å². The van der Waals surface area contributed by atoms with Gasteiger partial charge in [-0.15, -0.1) is 0 Å². The molecule has 6 nitrogen and oxygen atoms in total. The van der Waals surface area contributed by atoms with E-state index in [1.54, 1.807) is 0 Å². The van der Waals surface area contributed by atoms with Crippen LogP contribution >= 0.6 is 0 Å². The standard InChI is InChI=1S/C23H33N3O3/c27-22-21(11-15-25(22)20-12-16-29-17-13-20)24-23(28)26-14-5-4-8-19(26)10-9-18-6-2-1-3-7-18/h1-3,6-7,19-21H,4-5,8-17H2,(H,24,28). The molecule has 1 aromatic rings. The lowest BCUT2D eigenvalue weighted by molar-refractivity contribution is -0.132.